The highest BCUT2D eigenvalue weighted by molar-refractivity contribution is 6.31. The number of aromatic nitrogens is 2. The Morgan fingerprint density at radius 2 is 1.78 bits per heavy atom. The molecule has 0 radical (unpaired) electrons. The van der Waals surface area contributed by atoms with E-state index in [2.05, 4.69) is 9.97 Å². The average molecular weight is 437 g/mol. The number of nitrogens with one attached hydrogen (secondary N) is 1. The number of aromatic amines is 1. The standard InChI is InChI=1S/C27H17ClN2O2/c28-20-11-12-22-21(16-20)25(19-5-2-1-3-6-19)26(27(32)30-22)24(31)13-9-17-8-10-18-7-4-14-29-23(18)15-17/h1-16H,(H,30,32)/b13-9+. The summed E-state index contributed by atoms with van der Waals surface area (Å²) in [5.74, 6) is -0.381. The lowest BCUT2D eigenvalue weighted by Crippen LogP contribution is -2.18. The van der Waals surface area contributed by atoms with Gasteiger partial charge in [-0.15, -0.1) is 0 Å². The summed E-state index contributed by atoms with van der Waals surface area (Å²) in [6.07, 6.45) is 4.86. The second-order valence-corrected chi connectivity index (χ2v) is 7.85. The quantitative estimate of drug-likeness (QED) is 0.266. The van der Waals surface area contributed by atoms with Crippen LogP contribution in [0.2, 0.25) is 5.02 Å². The number of hydrogen-bond donors (Lipinski definition) is 1. The molecule has 1 N–H and O–H groups in total. The Bertz CT molecular complexity index is 1570. The van der Waals surface area contributed by atoms with Crippen molar-refractivity contribution in [2.24, 2.45) is 0 Å². The van der Waals surface area contributed by atoms with E-state index in [-0.39, 0.29) is 11.3 Å². The summed E-state index contributed by atoms with van der Waals surface area (Å²) in [5, 5.41) is 2.26. The molecule has 0 aliphatic carbocycles. The van der Waals surface area contributed by atoms with Crippen LogP contribution in [0, 0.1) is 0 Å². The fourth-order valence-electron chi connectivity index (χ4n) is 3.85. The van der Waals surface area contributed by atoms with E-state index >= 15 is 0 Å². The van der Waals surface area contributed by atoms with Gasteiger partial charge in [-0.2, -0.15) is 0 Å². The fraction of sp³-hybridized carbons (Fsp3) is 0. The molecule has 0 atom stereocenters. The molecule has 0 unspecified atom stereocenters. The van der Waals surface area contributed by atoms with E-state index in [0.29, 0.717) is 16.1 Å². The molecule has 5 heteroatoms. The van der Waals surface area contributed by atoms with Gasteiger partial charge in [0.15, 0.2) is 5.78 Å². The zero-order valence-electron chi connectivity index (χ0n) is 16.9. The first-order valence-electron chi connectivity index (χ1n) is 10.1. The lowest BCUT2D eigenvalue weighted by molar-refractivity contribution is 0.104. The minimum atomic E-state index is -0.437. The molecule has 0 bridgehead atoms. The molecule has 2 aromatic heterocycles. The van der Waals surface area contributed by atoms with Gasteiger partial charge in [0.05, 0.1) is 11.1 Å². The number of fused-ring (bicyclic) bond motifs is 2. The van der Waals surface area contributed by atoms with Crippen LogP contribution < -0.4 is 5.56 Å². The Labute approximate surface area is 188 Å². The Balaban J connectivity index is 1.65. The molecular weight excluding hydrogens is 420 g/mol. The molecule has 3 aromatic carbocycles. The molecule has 5 rings (SSSR count). The van der Waals surface area contributed by atoms with E-state index in [9.17, 15) is 9.59 Å². The number of rotatable bonds is 4. The molecule has 0 spiro atoms. The van der Waals surface area contributed by atoms with Crippen molar-refractivity contribution < 1.29 is 4.79 Å². The van der Waals surface area contributed by atoms with Gasteiger partial charge in [0, 0.05) is 33.1 Å². The van der Waals surface area contributed by atoms with Gasteiger partial charge in [-0.3, -0.25) is 14.6 Å². The second-order valence-electron chi connectivity index (χ2n) is 7.41. The lowest BCUT2D eigenvalue weighted by Gasteiger charge is -2.11. The predicted octanol–water partition coefficient (Wildman–Crippen LogP) is 6.29. The van der Waals surface area contributed by atoms with Gasteiger partial charge in [0.1, 0.15) is 0 Å². The van der Waals surface area contributed by atoms with E-state index in [0.717, 1.165) is 27.4 Å². The summed E-state index contributed by atoms with van der Waals surface area (Å²) >= 11 is 6.24. The van der Waals surface area contributed by atoms with Crippen molar-refractivity contribution in [1.29, 1.82) is 0 Å². The van der Waals surface area contributed by atoms with E-state index in [4.69, 9.17) is 11.6 Å². The first-order valence-corrected chi connectivity index (χ1v) is 10.5. The summed E-state index contributed by atoms with van der Waals surface area (Å²) in [6, 6.07) is 24.3. The number of H-pyrrole nitrogens is 1. The van der Waals surface area contributed by atoms with Gasteiger partial charge < -0.3 is 4.98 Å². The number of ketones is 1. The lowest BCUT2D eigenvalue weighted by atomic mass is 9.94. The second kappa shape index (κ2) is 8.25. The van der Waals surface area contributed by atoms with Crippen molar-refractivity contribution >= 4 is 45.3 Å². The molecular formula is C27H17ClN2O2. The zero-order valence-corrected chi connectivity index (χ0v) is 17.6. The number of hydrogen-bond acceptors (Lipinski definition) is 3. The average Bonchev–Trinajstić information content (AvgIpc) is 2.82. The topological polar surface area (TPSA) is 62.8 Å². The Hall–Kier alpha value is -4.02. The molecule has 0 aliphatic heterocycles. The van der Waals surface area contributed by atoms with E-state index in [1.165, 1.54) is 6.08 Å². The summed E-state index contributed by atoms with van der Waals surface area (Å²) in [6.45, 7) is 0. The van der Waals surface area contributed by atoms with Crippen LogP contribution in [0.3, 0.4) is 0 Å². The summed E-state index contributed by atoms with van der Waals surface area (Å²) in [5.41, 5.74) is 3.28. The number of carbonyl (C=O) groups excluding carboxylic acids is 1. The molecule has 32 heavy (non-hydrogen) atoms. The molecule has 0 saturated heterocycles. The number of pyridine rings is 2. The van der Waals surface area contributed by atoms with Crippen molar-refractivity contribution in [1.82, 2.24) is 9.97 Å². The highest BCUT2D eigenvalue weighted by atomic mass is 35.5. The number of halogens is 1. The Morgan fingerprint density at radius 3 is 2.62 bits per heavy atom. The van der Waals surface area contributed by atoms with Gasteiger partial charge in [-0.25, -0.2) is 0 Å². The smallest absolute Gasteiger partial charge is 0.260 e. The summed E-state index contributed by atoms with van der Waals surface area (Å²) in [7, 11) is 0. The van der Waals surface area contributed by atoms with Gasteiger partial charge in [-0.1, -0.05) is 66.2 Å². The number of carbonyl (C=O) groups is 1. The van der Waals surface area contributed by atoms with Crippen molar-refractivity contribution in [3.05, 3.63) is 118 Å². The van der Waals surface area contributed by atoms with Gasteiger partial charge in [-0.05, 0) is 47.5 Å². The van der Waals surface area contributed by atoms with Crippen molar-refractivity contribution in [3.8, 4) is 11.1 Å². The van der Waals surface area contributed by atoms with Gasteiger partial charge in [0.2, 0.25) is 0 Å². The predicted molar refractivity (Wildman–Crippen MR) is 130 cm³/mol. The molecule has 0 fully saturated rings. The SMILES string of the molecule is O=C(/C=C/c1ccc2cccnc2c1)c1c(-c2ccccc2)c2cc(Cl)ccc2[nH]c1=O. The van der Waals surface area contributed by atoms with Crippen LogP contribution in [0.1, 0.15) is 15.9 Å². The van der Waals surface area contributed by atoms with Crippen LogP contribution in [0.15, 0.2) is 95.9 Å². The number of nitrogens with zero attached hydrogens (tertiary/aromatic N) is 1. The maximum absolute atomic E-state index is 13.3. The normalized spacial score (nSPS) is 11.4. The van der Waals surface area contributed by atoms with Crippen molar-refractivity contribution in [3.63, 3.8) is 0 Å². The molecule has 0 amide bonds. The molecule has 0 saturated carbocycles. The van der Waals surface area contributed by atoms with E-state index < -0.39 is 5.56 Å². The van der Waals surface area contributed by atoms with E-state index in [1.54, 1.807) is 30.5 Å². The highest BCUT2D eigenvalue weighted by Gasteiger charge is 2.19. The third kappa shape index (κ3) is 3.72. The van der Waals surface area contributed by atoms with Crippen LogP contribution in [0.4, 0.5) is 0 Å². The first-order chi connectivity index (χ1) is 15.6. The fourth-order valence-corrected chi connectivity index (χ4v) is 4.02. The maximum Gasteiger partial charge on any atom is 0.260 e. The van der Waals surface area contributed by atoms with Crippen LogP contribution in [-0.4, -0.2) is 15.8 Å². The minimum absolute atomic E-state index is 0.0844. The van der Waals surface area contributed by atoms with Crippen LogP contribution in [0.5, 0.6) is 0 Å². The monoisotopic (exact) mass is 436 g/mol. The minimum Gasteiger partial charge on any atom is -0.321 e. The van der Waals surface area contributed by atoms with E-state index in [1.807, 2.05) is 60.7 Å². The molecule has 154 valence electrons. The number of allylic oxidation sites excluding steroid dienone is 1. The van der Waals surface area contributed by atoms with Gasteiger partial charge >= 0.3 is 0 Å². The van der Waals surface area contributed by atoms with Crippen LogP contribution in [0.25, 0.3) is 39.0 Å². The van der Waals surface area contributed by atoms with Crippen LogP contribution >= 0.6 is 11.6 Å². The molecule has 5 aromatic rings. The third-order valence-electron chi connectivity index (χ3n) is 5.34. The van der Waals surface area contributed by atoms with Crippen molar-refractivity contribution in [2.45, 2.75) is 0 Å². The Kier molecular flexibility index (Phi) is 5.13. The molecule has 2 heterocycles. The summed E-state index contributed by atoms with van der Waals surface area (Å²) < 4.78 is 0. The largest absolute Gasteiger partial charge is 0.321 e. The van der Waals surface area contributed by atoms with Gasteiger partial charge in [0.25, 0.3) is 5.56 Å². The molecule has 4 nitrogen and oxygen atoms in total. The third-order valence-corrected chi connectivity index (χ3v) is 5.58. The Morgan fingerprint density at radius 1 is 0.938 bits per heavy atom. The first kappa shape index (κ1) is 19.9. The number of benzene rings is 3. The van der Waals surface area contributed by atoms with Crippen LogP contribution in [-0.2, 0) is 0 Å². The molecule has 0 aliphatic rings. The highest BCUT2D eigenvalue weighted by Crippen LogP contribution is 2.31. The zero-order chi connectivity index (χ0) is 22.1. The summed E-state index contributed by atoms with van der Waals surface area (Å²) in [4.78, 5) is 33.4. The maximum atomic E-state index is 13.3. The van der Waals surface area contributed by atoms with Crippen molar-refractivity contribution in [2.75, 3.05) is 0 Å².